The van der Waals surface area contributed by atoms with Crippen molar-refractivity contribution in [2.24, 2.45) is 0 Å². The highest BCUT2D eigenvalue weighted by molar-refractivity contribution is 6.34. The lowest BCUT2D eigenvalue weighted by Crippen LogP contribution is -2.23. The first-order valence-corrected chi connectivity index (χ1v) is 10.5. The van der Waals surface area contributed by atoms with Crippen LogP contribution in [-0.4, -0.2) is 30.2 Å². The Balaban J connectivity index is 1.74. The number of fused-ring (bicyclic) bond motifs is 1. The maximum atomic E-state index is 15.1. The molecule has 0 radical (unpaired) electrons. The smallest absolute Gasteiger partial charge is 0.422 e. The summed E-state index contributed by atoms with van der Waals surface area (Å²) in [6.07, 6.45) is -2.48. The average Bonchev–Trinajstić information content (AvgIpc) is 2.79. The molecule has 0 aliphatic carbocycles. The van der Waals surface area contributed by atoms with Crippen molar-refractivity contribution in [1.82, 2.24) is 10.3 Å². The number of hydrogen-bond acceptors (Lipinski definition) is 4. The summed E-state index contributed by atoms with van der Waals surface area (Å²) in [6, 6.07) is 7.01. The lowest BCUT2D eigenvalue weighted by atomic mass is 9.99. The van der Waals surface area contributed by atoms with Crippen LogP contribution in [0.5, 0.6) is 5.75 Å². The molecule has 2 N–H and O–H groups in total. The van der Waals surface area contributed by atoms with E-state index in [9.17, 15) is 22.4 Å². The highest BCUT2D eigenvalue weighted by Crippen LogP contribution is 2.33. The zero-order valence-electron chi connectivity index (χ0n) is 17.4. The maximum Gasteiger partial charge on any atom is 0.422 e. The fourth-order valence-corrected chi connectivity index (χ4v) is 3.73. The van der Waals surface area contributed by atoms with Gasteiger partial charge in [-0.05, 0) is 54.4 Å². The van der Waals surface area contributed by atoms with Crippen molar-refractivity contribution in [3.8, 4) is 17.0 Å². The molecular weight excluding hydrogens is 481 g/mol. The molecule has 0 saturated carbocycles. The highest BCUT2D eigenvalue weighted by atomic mass is 35.5. The number of aromatic nitrogens is 1. The van der Waals surface area contributed by atoms with Crippen LogP contribution in [-0.2, 0) is 13.0 Å². The number of alkyl halides is 3. The van der Waals surface area contributed by atoms with Gasteiger partial charge in [-0.15, -0.1) is 0 Å². The van der Waals surface area contributed by atoms with Gasteiger partial charge in [0.15, 0.2) is 6.61 Å². The van der Waals surface area contributed by atoms with Gasteiger partial charge in [0.2, 0.25) is 0 Å². The second-order valence-corrected chi connectivity index (χ2v) is 7.96. The van der Waals surface area contributed by atoms with Crippen LogP contribution in [0.3, 0.4) is 0 Å². The van der Waals surface area contributed by atoms with E-state index in [0.29, 0.717) is 13.0 Å². The van der Waals surface area contributed by atoms with Crippen LogP contribution in [0.25, 0.3) is 11.3 Å². The number of carbonyl (C=O) groups excluding carboxylic acids is 1. The molecule has 0 unspecified atom stereocenters. The minimum absolute atomic E-state index is 0.140. The van der Waals surface area contributed by atoms with Gasteiger partial charge in [-0.1, -0.05) is 17.7 Å². The van der Waals surface area contributed by atoms with E-state index >= 15 is 4.39 Å². The van der Waals surface area contributed by atoms with Crippen molar-refractivity contribution in [3.05, 3.63) is 75.9 Å². The van der Waals surface area contributed by atoms with E-state index in [1.807, 2.05) is 0 Å². The lowest BCUT2D eigenvalue weighted by molar-refractivity contribution is -0.153. The fraction of sp³-hybridized carbons (Fsp3) is 0.217. The SMILES string of the molecule is O=C(Nc1c(F)cccc1Cl)c1cc(F)c(-c2cc3c(cn2)CNCC3)cc1OCC(F)(F)F. The van der Waals surface area contributed by atoms with Crippen molar-refractivity contribution in [2.45, 2.75) is 19.1 Å². The molecule has 2 aromatic carbocycles. The van der Waals surface area contributed by atoms with Crippen molar-refractivity contribution < 1.29 is 31.5 Å². The molecule has 0 spiro atoms. The molecule has 0 bridgehead atoms. The number of ether oxygens (including phenoxy) is 1. The molecule has 4 rings (SSSR count). The van der Waals surface area contributed by atoms with Crippen LogP contribution in [0.4, 0.5) is 27.6 Å². The lowest BCUT2D eigenvalue weighted by Gasteiger charge is -2.18. The molecule has 3 aromatic rings. The summed E-state index contributed by atoms with van der Waals surface area (Å²) < 4.78 is 72.5. The predicted molar refractivity (Wildman–Crippen MR) is 116 cm³/mol. The molecule has 178 valence electrons. The standard InChI is InChI=1S/C23H17ClF5N3O2/c24-16-2-1-3-17(25)21(16)32-22(33)15-7-18(26)14(8-20(15)34-11-23(27,28)29)19-6-12-4-5-30-9-13(12)10-31-19/h1-3,6-8,10,30H,4-5,9,11H2,(H,32,33). The van der Waals surface area contributed by atoms with Crippen molar-refractivity contribution >= 4 is 23.2 Å². The first kappa shape index (κ1) is 23.9. The third kappa shape index (κ3) is 5.28. The van der Waals surface area contributed by atoms with Crippen LogP contribution in [0, 0.1) is 11.6 Å². The van der Waals surface area contributed by atoms with Crippen LogP contribution in [0.2, 0.25) is 5.02 Å². The first-order valence-electron chi connectivity index (χ1n) is 10.1. The van der Waals surface area contributed by atoms with Gasteiger partial charge in [-0.2, -0.15) is 13.2 Å². The number of nitrogens with one attached hydrogen (secondary N) is 2. The zero-order valence-corrected chi connectivity index (χ0v) is 18.2. The Kier molecular flexibility index (Phi) is 6.72. The molecule has 5 nitrogen and oxygen atoms in total. The summed E-state index contributed by atoms with van der Waals surface area (Å²) in [4.78, 5) is 17.0. The van der Waals surface area contributed by atoms with Crippen molar-refractivity contribution in [1.29, 1.82) is 0 Å². The Hall–Kier alpha value is -3.24. The van der Waals surface area contributed by atoms with Crippen LogP contribution in [0.15, 0.2) is 42.6 Å². The first-order chi connectivity index (χ1) is 16.1. The topological polar surface area (TPSA) is 63.2 Å². The Bertz CT molecular complexity index is 1230. The Morgan fingerprint density at radius 2 is 1.94 bits per heavy atom. The van der Waals surface area contributed by atoms with Gasteiger partial charge in [0.1, 0.15) is 17.4 Å². The Morgan fingerprint density at radius 1 is 1.15 bits per heavy atom. The van der Waals surface area contributed by atoms with E-state index in [0.717, 1.165) is 35.9 Å². The van der Waals surface area contributed by atoms with E-state index in [1.165, 1.54) is 12.1 Å². The summed E-state index contributed by atoms with van der Waals surface area (Å²) in [6.45, 7) is -0.401. The number of nitrogens with zero attached hydrogens (tertiary/aromatic N) is 1. The van der Waals surface area contributed by atoms with E-state index in [2.05, 4.69) is 15.6 Å². The number of hydrogen-bond donors (Lipinski definition) is 2. The van der Waals surface area contributed by atoms with Gasteiger partial charge in [0.25, 0.3) is 5.91 Å². The summed E-state index contributed by atoms with van der Waals surface area (Å²) in [5, 5.41) is 5.20. The summed E-state index contributed by atoms with van der Waals surface area (Å²) >= 11 is 5.89. The normalized spacial score (nSPS) is 13.4. The highest BCUT2D eigenvalue weighted by Gasteiger charge is 2.30. The molecule has 11 heteroatoms. The molecule has 0 atom stereocenters. The van der Waals surface area contributed by atoms with Gasteiger partial charge in [0.05, 0.1) is 22.0 Å². The average molecular weight is 498 g/mol. The van der Waals surface area contributed by atoms with Crippen LogP contribution >= 0.6 is 11.6 Å². The van der Waals surface area contributed by atoms with E-state index in [4.69, 9.17) is 16.3 Å². The van der Waals surface area contributed by atoms with Gasteiger partial charge in [0, 0.05) is 18.3 Å². The molecule has 2 heterocycles. The second-order valence-electron chi connectivity index (χ2n) is 7.55. The fourth-order valence-electron chi connectivity index (χ4n) is 3.51. The molecule has 0 saturated heterocycles. The quantitative estimate of drug-likeness (QED) is 0.456. The molecule has 34 heavy (non-hydrogen) atoms. The predicted octanol–water partition coefficient (Wildman–Crippen LogP) is 5.52. The number of carbonyl (C=O) groups is 1. The zero-order chi connectivity index (χ0) is 24.5. The summed E-state index contributed by atoms with van der Waals surface area (Å²) in [5.74, 6) is -3.42. The van der Waals surface area contributed by atoms with Crippen molar-refractivity contribution in [3.63, 3.8) is 0 Å². The number of anilines is 1. The Labute approximate surface area is 195 Å². The second kappa shape index (κ2) is 9.55. The molecule has 1 aromatic heterocycles. The van der Waals surface area contributed by atoms with Gasteiger partial charge < -0.3 is 15.4 Å². The van der Waals surface area contributed by atoms with E-state index in [-0.39, 0.29) is 16.3 Å². The number of pyridine rings is 1. The number of para-hydroxylation sites is 1. The number of halogens is 6. The van der Waals surface area contributed by atoms with Gasteiger partial charge in [-0.25, -0.2) is 8.78 Å². The van der Waals surface area contributed by atoms with E-state index in [1.54, 1.807) is 12.3 Å². The van der Waals surface area contributed by atoms with Gasteiger partial charge in [-0.3, -0.25) is 9.78 Å². The minimum atomic E-state index is -4.71. The third-order valence-electron chi connectivity index (χ3n) is 5.15. The number of amides is 1. The molecule has 1 aliphatic heterocycles. The number of rotatable bonds is 5. The Morgan fingerprint density at radius 3 is 2.68 bits per heavy atom. The monoisotopic (exact) mass is 497 g/mol. The van der Waals surface area contributed by atoms with Gasteiger partial charge >= 0.3 is 6.18 Å². The molecule has 1 aliphatic rings. The molecule has 1 amide bonds. The molecule has 0 fully saturated rings. The molecular formula is C23H17ClF5N3O2. The maximum absolute atomic E-state index is 15.1. The van der Waals surface area contributed by atoms with E-state index < -0.39 is 47.3 Å². The van der Waals surface area contributed by atoms with Crippen LogP contribution < -0.4 is 15.4 Å². The van der Waals surface area contributed by atoms with Crippen LogP contribution in [0.1, 0.15) is 21.5 Å². The van der Waals surface area contributed by atoms with Crippen molar-refractivity contribution in [2.75, 3.05) is 18.5 Å². The largest absolute Gasteiger partial charge is 0.483 e. The summed E-state index contributed by atoms with van der Waals surface area (Å²) in [5.41, 5.74) is 0.939. The minimum Gasteiger partial charge on any atom is -0.483 e. The number of benzene rings is 2. The summed E-state index contributed by atoms with van der Waals surface area (Å²) in [7, 11) is 0. The third-order valence-corrected chi connectivity index (χ3v) is 5.47.